The Morgan fingerprint density at radius 2 is 1.44 bits per heavy atom. The van der Waals surface area contributed by atoms with E-state index in [0.717, 1.165) is 38.6 Å². The molecule has 184 valence electrons. The topological polar surface area (TPSA) is 86.7 Å². The predicted octanol–water partition coefficient (Wildman–Crippen LogP) is 5.23. The maximum absolute atomic E-state index is 13.0. The van der Waals surface area contributed by atoms with E-state index in [-0.39, 0.29) is 30.6 Å². The lowest BCUT2D eigenvalue weighted by Gasteiger charge is -2.35. The van der Waals surface area contributed by atoms with Crippen molar-refractivity contribution in [3.63, 3.8) is 0 Å². The second-order valence-electron chi connectivity index (χ2n) is 9.82. The minimum atomic E-state index is -1.64. The summed E-state index contributed by atoms with van der Waals surface area (Å²) >= 11 is 0. The molecular weight excluding hydrogens is 404 g/mol. The van der Waals surface area contributed by atoms with Crippen molar-refractivity contribution in [2.45, 2.75) is 134 Å². The summed E-state index contributed by atoms with van der Waals surface area (Å²) in [6.07, 6.45) is 18.7. The number of rotatable bonds is 17. The summed E-state index contributed by atoms with van der Waals surface area (Å²) in [5.41, 5.74) is -1.64. The van der Waals surface area contributed by atoms with Gasteiger partial charge in [-0.2, -0.15) is 0 Å². The van der Waals surface area contributed by atoms with Crippen molar-refractivity contribution in [1.82, 2.24) is 10.2 Å². The molecule has 6 nitrogen and oxygen atoms in total. The van der Waals surface area contributed by atoms with Crippen LogP contribution in [0, 0.1) is 0 Å². The summed E-state index contributed by atoms with van der Waals surface area (Å²) < 4.78 is 0. The van der Waals surface area contributed by atoms with Crippen LogP contribution >= 0.6 is 0 Å². The minimum Gasteiger partial charge on any atom is -0.479 e. The zero-order valence-electron chi connectivity index (χ0n) is 20.3. The normalized spacial score (nSPS) is 23.0. The highest BCUT2D eigenvalue weighted by atomic mass is 16.4. The molecular formula is C26H46N2O4. The number of likely N-dealkylation sites (tertiary alicyclic amines) is 1. The molecule has 2 rings (SSSR count). The smallest absolute Gasteiger partial charge is 0.337 e. The average molecular weight is 451 g/mol. The molecule has 2 saturated heterocycles. The van der Waals surface area contributed by atoms with Gasteiger partial charge in [0.1, 0.15) is 0 Å². The molecule has 32 heavy (non-hydrogen) atoms. The van der Waals surface area contributed by atoms with Gasteiger partial charge in [-0.05, 0) is 38.6 Å². The number of carboxylic acid groups (broad SMARTS) is 1. The quantitative estimate of drug-likeness (QED) is 0.234. The number of ketones is 1. The van der Waals surface area contributed by atoms with Crippen molar-refractivity contribution >= 4 is 17.7 Å². The summed E-state index contributed by atoms with van der Waals surface area (Å²) in [6, 6.07) is -0.337. The van der Waals surface area contributed by atoms with Gasteiger partial charge in [0, 0.05) is 13.0 Å². The maximum Gasteiger partial charge on any atom is 0.337 e. The Bertz CT molecular complexity index is 588. The van der Waals surface area contributed by atoms with Gasteiger partial charge in [0.25, 0.3) is 0 Å². The fraction of sp³-hybridized carbons (Fsp3) is 0.885. The van der Waals surface area contributed by atoms with E-state index in [1.807, 2.05) is 0 Å². The Kier molecular flexibility index (Phi) is 12.3. The standard InChI is InChI=1S/C26H46N2O4/c1-2-3-4-5-6-7-8-9-10-11-12-13-14-18-23(29)26(25(31)32)19-16-21-28(26)24(30)22-17-15-20-27-22/h22,27H,2-21H2,1H3,(H,31,32). The number of Topliss-reactive ketones (excluding diaryl/α,β-unsaturated/α-hetero) is 1. The zero-order chi connectivity index (χ0) is 23.2. The van der Waals surface area contributed by atoms with Gasteiger partial charge in [-0.3, -0.25) is 9.59 Å². The van der Waals surface area contributed by atoms with E-state index in [0.29, 0.717) is 13.0 Å². The zero-order valence-corrected chi connectivity index (χ0v) is 20.3. The number of nitrogens with one attached hydrogen (secondary N) is 1. The predicted molar refractivity (Wildman–Crippen MR) is 128 cm³/mol. The molecule has 2 unspecified atom stereocenters. The van der Waals surface area contributed by atoms with Crippen LogP contribution in [0.4, 0.5) is 0 Å². The fourth-order valence-corrected chi connectivity index (χ4v) is 5.34. The lowest BCUT2D eigenvalue weighted by Crippen LogP contribution is -2.61. The highest BCUT2D eigenvalue weighted by Gasteiger charge is 2.55. The van der Waals surface area contributed by atoms with Crippen molar-refractivity contribution in [3.05, 3.63) is 0 Å². The fourth-order valence-electron chi connectivity index (χ4n) is 5.34. The molecule has 0 radical (unpaired) electrons. The first-order chi connectivity index (χ1) is 15.5. The summed E-state index contributed by atoms with van der Waals surface area (Å²) in [5, 5.41) is 13.1. The Morgan fingerprint density at radius 3 is 1.94 bits per heavy atom. The number of carboxylic acids is 1. The number of amides is 1. The van der Waals surface area contributed by atoms with Gasteiger partial charge in [0.2, 0.25) is 5.91 Å². The molecule has 6 heteroatoms. The maximum atomic E-state index is 13.0. The highest BCUT2D eigenvalue weighted by molar-refractivity contribution is 6.11. The SMILES string of the molecule is CCCCCCCCCCCCCCCC(=O)C1(C(=O)O)CCCN1C(=O)C1CCCN1. The van der Waals surface area contributed by atoms with Crippen LogP contribution in [0.5, 0.6) is 0 Å². The molecule has 0 saturated carbocycles. The van der Waals surface area contributed by atoms with E-state index < -0.39 is 11.5 Å². The number of nitrogens with zero attached hydrogens (tertiary/aromatic N) is 1. The Labute approximate surface area is 194 Å². The van der Waals surface area contributed by atoms with Crippen LogP contribution in [-0.4, -0.2) is 52.3 Å². The van der Waals surface area contributed by atoms with Crippen molar-refractivity contribution < 1.29 is 19.5 Å². The van der Waals surface area contributed by atoms with Gasteiger partial charge in [0.05, 0.1) is 6.04 Å². The molecule has 2 N–H and O–H groups in total. The van der Waals surface area contributed by atoms with E-state index in [1.165, 1.54) is 69.1 Å². The Balaban J connectivity index is 1.64. The van der Waals surface area contributed by atoms with Gasteiger partial charge in [-0.15, -0.1) is 0 Å². The van der Waals surface area contributed by atoms with E-state index in [4.69, 9.17) is 0 Å². The molecule has 0 spiro atoms. The molecule has 2 atom stereocenters. The first-order valence-corrected chi connectivity index (χ1v) is 13.4. The van der Waals surface area contributed by atoms with Crippen LogP contribution < -0.4 is 5.32 Å². The number of carbonyl (C=O) groups is 3. The van der Waals surface area contributed by atoms with Crippen LogP contribution in [0.25, 0.3) is 0 Å². The molecule has 0 aromatic carbocycles. The van der Waals surface area contributed by atoms with Crippen LogP contribution in [0.2, 0.25) is 0 Å². The second-order valence-corrected chi connectivity index (χ2v) is 9.82. The van der Waals surface area contributed by atoms with E-state index in [9.17, 15) is 19.5 Å². The first-order valence-electron chi connectivity index (χ1n) is 13.4. The van der Waals surface area contributed by atoms with E-state index in [2.05, 4.69) is 12.2 Å². The number of unbranched alkanes of at least 4 members (excludes halogenated alkanes) is 12. The third-order valence-electron chi connectivity index (χ3n) is 7.33. The van der Waals surface area contributed by atoms with Crippen LogP contribution in [-0.2, 0) is 14.4 Å². The Morgan fingerprint density at radius 1 is 0.875 bits per heavy atom. The molecule has 0 aliphatic carbocycles. The molecule has 0 aromatic rings. The molecule has 2 aliphatic heterocycles. The van der Waals surface area contributed by atoms with E-state index in [1.54, 1.807) is 0 Å². The lowest BCUT2D eigenvalue weighted by molar-refractivity contribution is -0.162. The number of hydrogen-bond donors (Lipinski definition) is 2. The van der Waals surface area contributed by atoms with Gasteiger partial charge < -0.3 is 15.3 Å². The number of carbonyl (C=O) groups excluding carboxylic acids is 2. The molecule has 1 amide bonds. The van der Waals surface area contributed by atoms with Crippen LogP contribution in [0.15, 0.2) is 0 Å². The molecule has 2 aliphatic rings. The molecule has 2 heterocycles. The third-order valence-corrected chi connectivity index (χ3v) is 7.33. The summed E-state index contributed by atoms with van der Waals surface area (Å²) in [5.74, 6) is -1.64. The van der Waals surface area contributed by atoms with Crippen molar-refractivity contribution in [3.8, 4) is 0 Å². The van der Waals surface area contributed by atoms with Gasteiger partial charge >= 0.3 is 5.97 Å². The first kappa shape index (κ1) is 26.8. The number of aliphatic carboxylic acids is 1. The van der Waals surface area contributed by atoms with Gasteiger partial charge in [0.15, 0.2) is 11.3 Å². The monoisotopic (exact) mass is 450 g/mol. The van der Waals surface area contributed by atoms with Crippen molar-refractivity contribution in [1.29, 1.82) is 0 Å². The largest absolute Gasteiger partial charge is 0.479 e. The lowest BCUT2D eigenvalue weighted by atomic mass is 9.87. The summed E-state index contributed by atoms with van der Waals surface area (Å²) in [4.78, 5) is 39.5. The van der Waals surface area contributed by atoms with Crippen LogP contribution in [0.3, 0.4) is 0 Å². The second kappa shape index (κ2) is 14.7. The molecule has 0 aromatic heterocycles. The van der Waals surface area contributed by atoms with Crippen molar-refractivity contribution in [2.24, 2.45) is 0 Å². The molecule has 0 bridgehead atoms. The van der Waals surface area contributed by atoms with Gasteiger partial charge in [-0.25, -0.2) is 4.79 Å². The van der Waals surface area contributed by atoms with Crippen LogP contribution in [0.1, 0.15) is 122 Å². The highest BCUT2D eigenvalue weighted by Crippen LogP contribution is 2.34. The number of hydrogen-bond acceptors (Lipinski definition) is 4. The van der Waals surface area contributed by atoms with E-state index >= 15 is 0 Å². The summed E-state index contributed by atoms with van der Waals surface area (Å²) in [6.45, 7) is 3.39. The molecule has 2 fully saturated rings. The Hall–Kier alpha value is -1.43. The minimum absolute atomic E-state index is 0.207. The average Bonchev–Trinajstić information content (AvgIpc) is 3.47. The van der Waals surface area contributed by atoms with Crippen molar-refractivity contribution in [2.75, 3.05) is 13.1 Å². The summed E-state index contributed by atoms with van der Waals surface area (Å²) in [7, 11) is 0. The third kappa shape index (κ3) is 7.57. The van der Waals surface area contributed by atoms with Gasteiger partial charge in [-0.1, -0.05) is 84.0 Å².